The van der Waals surface area contributed by atoms with Gasteiger partial charge in [-0.05, 0) is 43.2 Å². The third-order valence-electron chi connectivity index (χ3n) is 5.11. The standard InChI is InChI=1S/C20H20N4O6S2/c1-23(12-15-3-2-10-30-15)32(28,29)16-7-4-13(5-8-16)19(25)22-20-21-17-9-6-14(24(26)27)11-18(17)31-20/h4-9,11,15H,2-3,10,12H2,1H3,(H,21,22,25). The number of carbonyl (C=O) groups excluding carboxylic acids is 1. The Balaban J connectivity index is 1.45. The Kier molecular flexibility index (Phi) is 6.20. The average Bonchev–Trinajstić information content (AvgIpc) is 3.42. The van der Waals surface area contributed by atoms with E-state index in [0.29, 0.717) is 22.0 Å². The van der Waals surface area contributed by atoms with Crippen LogP contribution in [0.1, 0.15) is 23.2 Å². The average molecular weight is 477 g/mol. The van der Waals surface area contributed by atoms with Gasteiger partial charge in [-0.15, -0.1) is 0 Å². The predicted molar refractivity (Wildman–Crippen MR) is 119 cm³/mol. The number of benzene rings is 2. The molecule has 0 saturated carbocycles. The van der Waals surface area contributed by atoms with Crippen LogP contribution in [0.2, 0.25) is 0 Å². The zero-order valence-corrected chi connectivity index (χ0v) is 18.7. The van der Waals surface area contributed by atoms with Crippen LogP contribution in [-0.4, -0.2) is 54.8 Å². The molecular weight excluding hydrogens is 456 g/mol. The maximum Gasteiger partial charge on any atom is 0.270 e. The lowest BCUT2D eigenvalue weighted by atomic mass is 10.2. The van der Waals surface area contributed by atoms with Crippen molar-refractivity contribution in [2.75, 3.05) is 25.5 Å². The molecule has 1 fully saturated rings. The Labute approximate surface area is 188 Å². The molecule has 1 aliphatic heterocycles. The van der Waals surface area contributed by atoms with Gasteiger partial charge >= 0.3 is 0 Å². The number of hydrogen-bond donors (Lipinski definition) is 1. The molecule has 168 valence electrons. The highest BCUT2D eigenvalue weighted by Gasteiger charge is 2.26. The molecule has 1 aliphatic rings. The number of anilines is 1. The molecular formula is C20H20N4O6S2. The van der Waals surface area contributed by atoms with Gasteiger partial charge in [-0.25, -0.2) is 13.4 Å². The van der Waals surface area contributed by atoms with E-state index in [1.165, 1.54) is 53.8 Å². The minimum absolute atomic E-state index is 0.0553. The normalized spacial score (nSPS) is 16.5. The fourth-order valence-electron chi connectivity index (χ4n) is 3.38. The second-order valence-electron chi connectivity index (χ2n) is 7.33. The van der Waals surface area contributed by atoms with Gasteiger partial charge in [0.15, 0.2) is 5.13 Å². The van der Waals surface area contributed by atoms with Crippen LogP contribution in [-0.2, 0) is 14.8 Å². The molecule has 1 saturated heterocycles. The molecule has 0 aliphatic carbocycles. The monoisotopic (exact) mass is 476 g/mol. The number of aromatic nitrogens is 1. The van der Waals surface area contributed by atoms with Gasteiger partial charge in [-0.1, -0.05) is 11.3 Å². The number of nitro groups is 1. The molecule has 32 heavy (non-hydrogen) atoms. The summed E-state index contributed by atoms with van der Waals surface area (Å²) in [5.41, 5.74) is 0.739. The molecule has 1 atom stereocenters. The molecule has 1 aromatic heterocycles. The third kappa shape index (κ3) is 4.63. The van der Waals surface area contributed by atoms with Crippen molar-refractivity contribution in [1.29, 1.82) is 0 Å². The van der Waals surface area contributed by atoms with E-state index in [1.807, 2.05) is 0 Å². The SMILES string of the molecule is CN(CC1CCCO1)S(=O)(=O)c1ccc(C(=O)Nc2nc3ccc([N+](=O)[O-])cc3s2)cc1. The number of rotatable bonds is 7. The van der Waals surface area contributed by atoms with Gasteiger partial charge in [0, 0.05) is 37.9 Å². The van der Waals surface area contributed by atoms with Crippen molar-refractivity contribution in [1.82, 2.24) is 9.29 Å². The number of nitro benzene ring substituents is 1. The first kappa shape index (κ1) is 22.3. The van der Waals surface area contributed by atoms with Gasteiger partial charge in [0.05, 0.1) is 26.1 Å². The van der Waals surface area contributed by atoms with E-state index >= 15 is 0 Å². The lowest BCUT2D eigenvalue weighted by Crippen LogP contribution is -2.34. The maximum atomic E-state index is 12.8. The minimum atomic E-state index is -3.70. The highest BCUT2D eigenvalue weighted by atomic mass is 32.2. The number of hydrogen-bond acceptors (Lipinski definition) is 8. The Morgan fingerprint density at radius 3 is 2.72 bits per heavy atom. The first-order chi connectivity index (χ1) is 15.2. The molecule has 1 N–H and O–H groups in total. The number of amides is 1. The maximum absolute atomic E-state index is 12.8. The fourth-order valence-corrected chi connectivity index (χ4v) is 5.48. The van der Waals surface area contributed by atoms with Crippen LogP contribution >= 0.6 is 11.3 Å². The molecule has 0 radical (unpaired) electrons. The van der Waals surface area contributed by atoms with Gasteiger partial charge < -0.3 is 4.74 Å². The highest BCUT2D eigenvalue weighted by molar-refractivity contribution is 7.89. The van der Waals surface area contributed by atoms with E-state index in [0.717, 1.165) is 24.2 Å². The summed E-state index contributed by atoms with van der Waals surface area (Å²) < 4.78 is 32.9. The molecule has 2 heterocycles. The minimum Gasteiger partial charge on any atom is -0.377 e. The van der Waals surface area contributed by atoms with Gasteiger partial charge in [-0.2, -0.15) is 4.31 Å². The summed E-state index contributed by atoms with van der Waals surface area (Å²) >= 11 is 1.12. The zero-order valence-electron chi connectivity index (χ0n) is 17.1. The second kappa shape index (κ2) is 8.90. The van der Waals surface area contributed by atoms with Crippen LogP contribution in [0.5, 0.6) is 0 Å². The Morgan fingerprint density at radius 1 is 1.31 bits per heavy atom. The summed E-state index contributed by atoms with van der Waals surface area (Å²) in [5, 5.41) is 13.8. The fraction of sp³-hybridized carbons (Fsp3) is 0.300. The summed E-state index contributed by atoms with van der Waals surface area (Å²) in [5.74, 6) is -0.463. The van der Waals surface area contributed by atoms with Crippen molar-refractivity contribution in [2.45, 2.75) is 23.8 Å². The molecule has 4 rings (SSSR count). The quantitative estimate of drug-likeness (QED) is 0.409. The smallest absolute Gasteiger partial charge is 0.270 e. The molecule has 1 unspecified atom stereocenters. The number of non-ortho nitro benzene ring substituents is 1. The molecule has 12 heteroatoms. The summed E-state index contributed by atoms with van der Waals surface area (Å²) in [6.45, 7) is 0.925. The molecule has 0 spiro atoms. The van der Waals surface area contributed by atoms with Crippen molar-refractivity contribution >= 4 is 48.3 Å². The van der Waals surface area contributed by atoms with Crippen molar-refractivity contribution in [2.24, 2.45) is 0 Å². The summed E-state index contributed by atoms with van der Waals surface area (Å²) in [6.07, 6.45) is 1.65. The molecule has 3 aromatic rings. The van der Waals surface area contributed by atoms with Crippen LogP contribution in [0.25, 0.3) is 10.2 Å². The summed E-state index contributed by atoms with van der Waals surface area (Å²) in [4.78, 5) is 27.3. The first-order valence-corrected chi connectivity index (χ1v) is 12.0. The first-order valence-electron chi connectivity index (χ1n) is 9.78. The van der Waals surface area contributed by atoms with Crippen LogP contribution in [0.3, 0.4) is 0 Å². The van der Waals surface area contributed by atoms with Crippen molar-refractivity contribution in [3.63, 3.8) is 0 Å². The Morgan fingerprint density at radius 2 is 2.06 bits per heavy atom. The second-order valence-corrected chi connectivity index (χ2v) is 10.4. The van der Waals surface area contributed by atoms with E-state index in [-0.39, 0.29) is 28.8 Å². The number of ether oxygens (including phenoxy) is 1. The molecule has 10 nitrogen and oxygen atoms in total. The number of sulfonamides is 1. The van der Waals surface area contributed by atoms with Crippen LogP contribution < -0.4 is 5.32 Å². The van der Waals surface area contributed by atoms with Crippen molar-refractivity contribution in [3.8, 4) is 0 Å². The Bertz CT molecular complexity index is 1270. The number of carbonyl (C=O) groups is 1. The van der Waals surface area contributed by atoms with Crippen LogP contribution in [0.4, 0.5) is 10.8 Å². The predicted octanol–water partition coefficient (Wildman–Crippen LogP) is 3.26. The van der Waals surface area contributed by atoms with E-state index in [1.54, 1.807) is 0 Å². The number of fused-ring (bicyclic) bond motifs is 1. The lowest BCUT2D eigenvalue weighted by molar-refractivity contribution is -0.384. The topological polar surface area (TPSA) is 132 Å². The van der Waals surface area contributed by atoms with Crippen LogP contribution in [0, 0.1) is 10.1 Å². The van der Waals surface area contributed by atoms with E-state index in [4.69, 9.17) is 4.74 Å². The molecule has 1 amide bonds. The zero-order chi connectivity index (χ0) is 22.9. The molecule has 0 bridgehead atoms. The largest absolute Gasteiger partial charge is 0.377 e. The third-order valence-corrected chi connectivity index (χ3v) is 7.88. The number of nitrogens with one attached hydrogen (secondary N) is 1. The lowest BCUT2D eigenvalue weighted by Gasteiger charge is -2.20. The van der Waals surface area contributed by atoms with E-state index < -0.39 is 20.9 Å². The van der Waals surface area contributed by atoms with Gasteiger partial charge in [0.1, 0.15) is 0 Å². The summed E-state index contributed by atoms with van der Waals surface area (Å²) in [6, 6.07) is 9.90. The van der Waals surface area contributed by atoms with Gasteiger partial charge in [-0.3, -0.25) is 20.2 Å². The highest BCUT2D eigenvalue weighted by Crippen LogP contribution is 2.29. The van der Waals surface area contributed by atoms with E-state index in [9.17, 15) is 23.3 Å². The number of thiazole rings is 1. The number of likely N-dealkylation sites (N-methyl/N-ethyl adjacent to an activating group) is 1. The number of nitrogens with zero attached hydrogens (tertiary/aromatic N) is 3. The van der Waals surface area contributed by atoms with Gasteiger partial charge in [0.25, 0.3) is 11.6 Å². The summed E-state index contributed by atoms with van der Waals surface area (Å²) in [7, 11) is -2.19. The van der Waals surface area contributed by atoms with E-state index in [2.05, 4.69) is 10.3 Å². The van der Waals surface area contributed by atoms with Crippen LogP contribution in [0.15, 0.2) is 47.4 Å². The molecule has 2 aromatic carbocycles. The van der Waals surface area contributed by atoms with Crippen molar-refractivity contribution < 1.29 is 22.9 Å². The van der Waals surface area contributed by atoms with Gasteiger partial charge in [0.2, 0.25) is 10.0 Å². The Hall–Kier alpha value is -2.93. The van der Waals surface area contributed by atoms with Crippen molar-refractivity contribution in [3.05, 3.63) is 58.1 Å².